The van der Waals surface area contributed by atoms with E-state index in [0.29, 0.717) is 10.7 Å². The van der Waals surface area contributed by atoms with Gasteiger partial charge in [-0.15, -0.1) is 0 Å². The zero-order valence-electron chi connectivity index (χ0n) is 13.9. The van der Waals surface area contributed by atoms with Crippen LogP contribution in [0.5, 0.6) is 0 Å². The van der Waals surface area contributed by atoms with Crippen LogP contribution in [0.15, 0.2) is 53.4 Å². The molecule has 3 rings (SSSR count). The maximum absolute atomic E-state index is 12.5. The number of nitrogens with one attached hydrogen (secondary N) is 1. The van der Waals surface area contributed by atoms with Gasteiger partial charge in [-0.1, -0.05) is 41.9 Å². The number of benzene rings is 2. The average Bonchev–Trinajstić information content (AvgIpc) is 2.86. The average molecular weight is 387 g/mol. The van der Waals surface area contributed by atoms with E-state index in [1.54, 1.807) is 42.5 Å². The van der Waals surface area contributed by atoms with E-state index in [0.717, 1.165) is 27.8 Å². The number of hydrogen-bond donors (Lipinski definition) is 1. The Balaban J connectivity index is 1.70. The fraction of sp³-hybridized carbons (Fsp3) is 0.105. The molecule has 3 amide bonds. The van der Waals surface area contributed by atoms with Crippen molar-refractivity contribution in [3.8, 4) is 0 Å². The Morgan fingerprint density at radius 2 is 1.85 bits per heavy atom. The number of anilines is 1. The monoisotopic (exact) mass is 386 g/mol. The smallest absolute Gasteiger partial charge is 0.294 e. The summed E-state index contributed by atoms with van der Waals surface area (Å²) in [5.74, 6) is -0.899. The van der Waals surface area contributed by atoms with Crippen LogP contribution in [0.4, 0.5) is 10.5 Å². The largest absolute Gasteiger partial charge is 0.324 e. The lowest BCUT2D eigenvalue weighted by molar-refractivity contribution is -0.127. The highest BCUT2D eigenvalue weighted by Gasteiger charge is 2.36. The van der Waals surface area contributed by atoms with Gasteiger partial charge >= 0.3 is 0 Å². The van der Waals surface area contributed by atoms with Crippen LogP contribution >= 0.6 is 23.4 Å². The number of hydrogen-bond acceptors (Lipinski definition) is 4. The Labute approximate surface area is 160 Å². The fourth-order valence-electron chi connectivity index (χ4n) is 2.39. The zero-order chi connectivity index (χ0) is 18.7. The maximum Gasteiger partial charge on any atom is 0.294 e. The van der Waals surface area contributed by atoms with E-state index >= 15 is 0 Å². The third-order valence-electron chi connectivity index (χ3n) is 3.76. The van der Waals surface area contributed by atoms with Gasteiger partial charge in [-0.3, -0.25) is 19.3 Å². The molecule has 0 spiro atoms. The molecule has 1 fully saturated rings. The molecular weight excluding hydrogens is 372 g/mol. The highest BCUT2D eigenvalue weighted by Crippen LogP contribution is 2.32. The van der Waals surface area contributed by atoms with Gasteiger partial charge in [-0.2, -0.15) is 0 Å². The van der Waals surface area contributed by atoms with Crippen LogP contribution in [-0.2, 0) is 9.59 Å². The summed E-state index contributed by atoms with van der Waals surface area (Å²) in [6.07, 6.45) is 1.61. The van der Waals surface area contributed by atoms with Crippen molar-refractivity contribution in [3.63, 3.8) is 0 Å². The van der Waals surface area contributed by atoms with E-state index < -0.39 is 17.1 Å². The highest BCUT2D eigenvalue weighted by atomic mass is 35.5. The van der Waals surface area contributed by atoms with Crippen LogP contribution < -0.4 is 5.32 Å². The molecular formula is C19H15ClN2O3S. The molecule has 7 heteroatoms. The number of carbonyl (C=O) groups excluding carboxylic acids is 3. The lowest BCUT2D eigenvalue weighted by atomic mass is 10.2. The van der Waals surface area contributed by atoms with Crippen LogP contribution in [0.25, 0.3) is 6.08 Å². The number of halogens is 1. The van der Waals surface area contributed by atoms with Crippen LogP contribution in [0.1, 0.15) is 11.1 Å². The van der Waals surface area contributed by atoms with Crippen LogP contribution in [0, 0.1) is 6.92 Å². The number of amides is 3. The molecule has 132 valence electrons. The quantitative estimate of drug-likeness (QED) is 0.794. The Morgan fingerprint density at radius 1 is 1.15 bits per heavy atom. The van der Waals surface area contributed by atoms with Gasteiger partial charge in [-0.25, -0.2) is 0 Å². The van der Waals surface area contributed by atoms with E-state index in [1.165, 1.54) is 0 Å². The molecule has 5 nitrogen and oxygen atoms in total. The van der Waals surface area contributed by atoms with Gasteiger partial charge in [0.25, 0.3) is 11.1 Å². The molecule has 0 atom stereocenters. The number of thioether (sulfide) groups is 1. The van der Waals surface area contributed by atoms with Crippen LogP contribution in [0.3, 0.4) is 0 Å². The predicted molar refractivity (Wildman–Crippen MR) is 104 cm³/mol. The number of para-hydroxylation sites is 1. The van der Waals surface area contributed by atoms with Gasteiger partial charge in [0.15, 0.2) is 0 Å². The van der Waals surface area contributed by atoms with E-state index in [4.69, 9.17) is 11.6 Å². The van der Waals surface area contributed by atoms with E-state index in [-0.39, 0.29) is 11.4 Å². The molecule has 1 saturated heterocycles. The van der Waals surface area contributed by atoms with Crippen molar-refractivity contribution in [2.45, 2.75) is 6.92 Å². The van der Waals surface area contributed by atoms with Gasteiger partial charge < -0.3 is 5.32 Å². The lowest BCUT2D eigenvalue weighted by Gasteiger charge is -2.13. The number of imide groups is 1. The minimum Gasteiger partial charge on any atom is -0.324 e. The fourth-order valence-corrected chi connectivity index (χ4v) is 3.36. The first-order valence-corrected chi connectivity index (χ1v) is 9.00. The molecule has 2 aromatic carbocycles. The van der Waals surface area contributed by atoms with Gasteiger partial charge in [-0.05, 0) is 54.1 Å². The topological polar surface area (TPSA) is 66.5 Å². The van der Waals surface area contributed by atoms with Crippen molar-refractivity contribution in [1.29, 1.82) is 0 Å². The van der Waals surface area contributed by atoms with E-state index in [2.05, 4.69) is 5.32 Å². The molecule has 1 heterocycles. The van der Waals surface area contributed by atoms with Crippen molar-refractivity contribution >= 4 is 52.2 Å². The Bertz CT molecular complexity index is 909. The van der Waals surface area contributed by atoms with Crippen molar-refractivity contribution in [2.24, 2.45) is 0 Å². The summed E-state index contributed by atoms with van der Waals surface area (Å²) in [7, 11) is 0. The second-order valence-electron chi connectivity index (χ2n) is 5.68. The molecule has 1 aliphatic rings. The number of nitrogens with zero attached hydrogens (tertiary/aromatic N) is 1. The molecule has 1 N–H and O–H groups in total. The Morgan fingerprint density at radius 3 is 2.54 bits per heavy atom. The normalized spacial score (nSPS) is 15.6. The molecule has 0 saturated carbocycles. The number of aryl methyl sites for hydroxylation is 1. The van der Waals surface area contributed by atoms with Gasteiger partial charge in [0.05, 0.1) is 4.91 Å². The summed E-state index contributed by atoms with van der Waals surface area (Å²) in [4.78, 5) is 38.0. The zero-order valence-corrected chi connectivity index (χ0v) is 15.4. The molecule has 0 aromatic heterocycles. The van der Waals surface area contributed by atoms with Crippen molar-refractivity contribution < 1.29 is 14.4 Å². The summed E-state index contributed by atoms with van der Waals surface area (Å²) in [6, 6.07) is 14.2. The second-order valence-corrected chi connectivity index (χ2v) is 7.11. The van der Waals surface area contributed by atoms with E-state index in [9.17, 15) is 14.4 Å². The molecule has 2 aromatic rings. The minimum absolute atomic E-state index is 0.279. The molecule has 1 aliphatic heterocycles. The van der Waals surface area contributed by atoms with Gasteiger partial charge in [0, 0.05) is 10.7 Å². The van der Waals surface area contributed by atoms with Crippen molar-refractivity contribution in [2.75, 3.05) is 11.9 Å². The van der Waals surface area contributed by atoms with Crippen LogP contribution in [-0.4, -0.2) is 28.5 Å². The summed E-state index contributed by atoms with van der Waals surface area (Å²) in [5.41, 5.74) is 2.31. The molecule has 26 heavy (non-hydrogen) atoms. The third kappa shape index (κ3) is 4.15. The number of carbonyl (C=O) groups is 3. The molecule has 0 radical (unpaired) electrons. The first kappa shape index (κ1) is 18.2. The second kappa shape index (κ2) is 7.76. The molecule has 0 aliphatic carbocycles. The Hall–Kier alpha value is -2.57. The van der Waals surface area contributed by atoms with Crippen molar-refractivity contribution in [1.82, 2.24) is 4.90 Å². The third-order valence-corrected chi connectivity index (χ3v) is 4.92. The first-order valence-electron chi connectivity index (χ1n) is 7.80. The molecule has 0 unspecified atom stereocenters. The minimum atomic E-state index is -0.477. The SMILES string of the molecule is Cc1ccccc1NC(=O)CN1C(=O)S/C(=C\c2ccc(Cl)cc2)C1=O. The van der Waals surface area contributed by atoms with Gasteiger partial charge in [0.1, 0.15) is 6.54 Å². The lowest BCUT2D eigenvalue weighted by Crippen LogP contribution is -2.36. The number of rotatable bonds is 4. The predicted octanol–water partition coefficient (Wildman–Crippen LogP) is 4.32. The summed E-state index contributed by atoms with van der Waals surface area (Å²) < 4.78 is 0. The summed E-state index contributed by atoms with van der Waals surface area (Å²) in [6.45, 7) is 1.54. The highest BCUT2D eigenvalue weighted by molar-refractivity contribution is 8.18. The summed E-state index contributed by atoms with van der Waals surface area (Å²) >= 11 is 6.66. The summed E-state index contributed by atoms with van der Waals surface area (Å²) in [5, 5.41) is 2.84. The van der Waals surface area contributed by atoms with Crippen LogP contribution in [0.2, 0.25) is 5.02 Å². The molecule has 0 bridgehead atoms. The van der Waals surface area contributed by atoms with Gasteiger partial charge in [0.2, 0.25) is 5.91 Å². The maximum atomic E-state index is 12.5. The Kier molecular flexibility index (Phi) is 5.44. The van der Waals surface area contributed by atoms with Crippen molar-refractivity contribution in [3.05, 3.63) is 69.6 Å². The standard InChI is InChI=1S/C19H15ClN2O3S/c1-12-4-2-3-5-15(12)21-17(23)11-22-18(24)16(26-19(22)25)10-13-6-8-14(20)9-7-13/h2-10H,11H2,1H3,(H,21,23)/b16-10-. The first-order chi connectivity index (χ1) is 12.4. The van der Waals surface area contributed by atoms with E-state index in [1.807, 2.05) is 19.1 Å².